The van der Waals surface area contributed by atoms with Crippen LogP contribution >= 0.6 is 0 Å². The lowest BCUT2D eigenvalue weighted by Crippen LogP contribution is -2.27. The quantitative estimate of drug-likeness (QED) is 0.602. The molecule has 2 heteroatoms. The minimum absolute atomic E-state index is 0.0146. The van der Waals surface area contributed by atoms with Crippen molar-refractivity contribution in [3.8, 4) is 36.0 Å². The van der Waals surface area contributed by atoms with Crippen molar-refractivity contribution >= 4 is 5.91 Å². The van der Waals surface area contributed by atoms with Gasteiger partial charge >= 0.3 is 0 Å². The van der Waals surface area contributed by atoms with E-state index in [4.69, 9.17) is 6.42 Å². The highest BCUT2D eigenvalue weighted by Crippen LogP contribution is 1.88. The number of amides is 1. The van der Waals surface area contributed by atoms with Crippen molar-refractivity contribution in [1.29, 1.82) is 0 Å². The average Bonchev–Trinajstić information content (AvgIpc) is 2.10. The molecule has 66 valence electrons. The Morgan fingerprint density at radius 2 is 2.08 bits per heavy atom. The largest absolute Gasteiger partial charge is 0.345 e. The standard InChI is InChI=1S/C11H11NO/c1-4-5-6-7-8-9-12-11(13)10(2)3/h1,10H,9H2,2-3H3,(H,12,13). The molecule has 0 aromatic rings. The smallest absolute Gasteiger partial charge is 0.223 e. The van der Waals surface area contributed by atoms with Crippen molar-refractivity contribution in [2.24, 2.45) is 5.92 Å². The van der Waals surface area contributed by atoms with Crippen LogP contribution in [-0.2, 0) is 4.79 Å². The first-order valence-corrected chi connectivity index (χ1v) is 3.89. The molecule has 0 heterocycles. The Balaban J connectivity index is 3.73. The molecule has 2 nitrogen and oxygen atoms in total. The zero-order valence-corrected chi connectivity index (χ0v) is 7.77. The van der Waals surface area contributed by atoms with Crippen molar-refractivity contribution in [1.82, 2.24) is 5.32 Å². The second kappa shape index (κ2) is 6.84. The third kappa shape index (κ3) is 6.54. The second-order valence-electron chi connectivity index (χ2n) is 2.57. The van der Waals surface area contributed by atoms with Crippen molar-refractivity contribution in [2.75, 3.05) is 6.54 Å². The minimum atomic E-state index is -0.0152. The summed E-state index contributed by atoms with van der Waals surface area (Å²) in [7, 11) is 0. The van der Waals surface area contributed by atoms with Crippen LogP contribution in [0.1, 0.15) is 13.8 Å². The Morgan fingerprint density at radius 1 is 1.38 bits per heavy atom. The molecule has 0 unspecified atom stereocenters. The molecule has 0 aliphatic heterocycles. The van der Waals surface area contributed by atoms with Crippen LogP contribution in [0.5, 0.6) is 0 Å². The lowest BCUT2D eigenvalue weighted by Gasteiger charge is -2.02. The Morgan fingerprint density at radius 3 is 2.62 bits per heavy atom. The number of carbonyl (C=O) groups is 1. The predicted octanol–water partition coefficient (Wildman–Crippen LogP) is 0.399. The molecular weight excluding hydrogens is 162 g/mol. The maximum absolute atomic E-state index is 11.0. The van der Waals surface area contributed by atoms with Crippen LogP contribution in [-0.4, -0.2) is 12.5 Å². The fourth-order valence-electron chi connectivity index (χ4n) is 0.491. The van der Waals surface area contributed by atoms with Crippen molar-refractivity contribution in [2.45, 2.75) is 13.8 Å². The van der Waals surface area contributed by atoms with Gasteiger partial charge < -0.3 is 5.32 Å². The van der Waals surface area contributed by atoms with Gasteiger partial charge in [0.1, 0.15) is 0 Å². The minimum Gasteiger partial charge on any atom is -0.345 e. The molecule has 0 atom stereocenters. The lowest BCUT2D eigenvalue weighted by atomic mass is 10.2. The molecule has 0 aliphatic rings. The van der Waals surface area contributed by atoms with Gasteiger partial charge in [0.2, 0.25) is 5.91 Å². The third-order valence-corrected chi connectivity index (χ3v) is 1.16. The van der Waals surface area contributed by atoms with E-state index in [1.54, 1.807) is 0 Å². The van der Waals surface area contributed by atoms with Crippen LogP contribution < -0.4 is 5.32 Å². The molecule has 0 saturated heterocycles. The van der Waals surface area contributed by atoms with Crippen LogP contribution in [0.2, 0.25) is 0 Å². The fraction of sp³-hybridized carbons (Fsp3) is 0.364. The molecule has 0 aliphatic carbocycles. The Kier molecular flexibility index (Phi) is 5.86. The monoisotopic (exact) mass is 173 g/mol. The molecule has 0 aromatic carbocycles. The number of carbonyl (C=O) groups excluding carboxylic acids is 1. The van der Waals surface area contributed by atoms with Crippen molar-refractivity contribution in [3.63, 3.8) is 0 Å². The first-order chi connectivity index (χ1) is 6.18. The van der Waals surface area contributed by atoms with E-state index in [0.29, 0.717) is 6.54 Å². The number of hydrogen-bond donors (Lipinski definition) is 1. The van der Waals surface area contributed by atoms with E-state index < -0.39 is 0 Å². The number of hydrogen-bond acceptors (Lipinski definition) is 1. The molecule has 0 aromatic heterocycles. The maximum Gasteiger partial charge on any atom is 0.223 e. The summed E-state index contributed by atoms with van der Waals surface area (Å²) in [4.78, 5) is 11.0. The van der Waals surface area contributed by atoms with E-state index in [-0.39, 0.29) is 11.8 Å². The van der Waals surface area contributed by atoms with Crippen LogP contribution in [0.15, 0.2) is 0 Å². The van der Waals surface area contributed by atoms with Gasteiger partial charge in [-0.15, -0.1) is 6.42 Å². The Labute approximate surface area is 79.1 Å². The highest BCUT2D eigenvalue weighted by molar-refractivity contribution is 5.78. The molecule has 0 fully saturated rings. The molecule has 0 rings (SSSR count). The topological polar surface area (TPSA) is 29.1 Å². The van der Waals surface area contributed by atoms with Gasteiger partial charge in [-0.3, -0.25) is 4.79 Å². The van der Waals surface area contributed by atoms with E-state index >= 15 is 0 Å². The van der Waals surface area contributed by atoms with E-state index in [0.717, 1.165) is 0 Å². The highest BCUT2D eigenvalue weighted by Gasteiger charge is 2.03. The first kappa shape index (κ1) is 11.2. The zero-order chi connectivity index (χ0) is 10.1. The Bertz CT molecular complexity index is 325. The van der Waals surface area contributed by atoms with Gasteiger partial charge in [-0.1, -0.05) is 19.8 Å². The van der Waals surface area contributed by atoms with Gasteiger partial charge in [-0.2, -0.15) is 0 Å². The van der Waals surface area contributed by atoms with Gasteiger partial charge in [0, 0.05) is 5.92 Å². The van der Waals surface area contributed by atoms with Gasteiger partial charge in [-0.05, 0) is 23.7 Å². The van der Waals surface area contributed by atoms with E-state index in [2.05, 4.69) is 34.9 Å². The van der Waals surface area contributed by atoms with Gasteiger partial charge in [0.15, 0.2) is 0 Å². The third-order valence-electron chi connectivity index (χ3n) is 1.16. The molecule has 0 spiro atoms. The van der Waals surface area contributed by atoms with E-state index in [1.807, 2.05) is 13.8 Å². The maximum atomic E-state index is 11.0. The van der Waals surface area contributed by atoms with Crippen LogP contribution in [0.25, 0.3) is 0 Å². The molecule has 0 saturated carbocycles. The van der Waals surface area contributed by atoms with Crippen LogP contribution in [0.3, 0.4) is 0 Å². The van der Waals surface area contributed by atoms with Crippen molar-refractivity contribution < 1.29 is 4.79 Å². The van der Waals surface area contributed by atoms with Crippen LogP contribution in [0, 0.1) is 41.9 Å². The normalized spacial score (nSPS) is 7.23. The van der Waals surface area contributed by atoms with Crippen LogP contribution in [0.4, 0.5) is 0 Å². The molecule has 0 radical (unpaired) electrons. The summed E-state index contributed by atoms with van der Waals surface area (Å²) < 4.78 is 0. The van der Waals surface area contributed by atoms with Gasteiger partial charge in [0.25, 0.3) is 0 Å². The molecule has 0 bridgehead atoms. The summed E-state index contributed by atoms with van der Waals surface area (Å²) in [5.74, 6) is 12.1. The molecule has 13 heavy (non-hydrogen) atoms. The van der Waals surface area contributed by atoms with Crippen molar-refractivity contribution in [3.05, 3.63) is 0 Å². The molecular formula is C11H11NO. The average molecular weight is 173 g/mol. The number of terminal acetylenes is 1. The Hall–Kier alpha value is -1.85. The summed E-state index contributed by atoms with van der Waals surface area (Å²) in [6.45, 7) is 3.96. The first-order valence-electron chi connectivity index (χ1n) is 3.89. The molecule has 1 amide bonds. The summed E-state index contributed by atoms with van der Waals surface area (Å²) in [6.07, 6.45) is 4.87. The SMILES string of the molecule is C#CC#CC#CCNC(=O)C(C)C. The van der Waals surface area contributed by atoms with Gasteiger partial charge in [0.05, 0.1) is 6.54 Å². The van der Waals surface area contributed by atoms with E-state index in [9.17, 15) is 4.79 Å². The summed E-state index contributed by atoms with van der Waals surface area (Å²) >= 11 is 0. The summed E-state index contributed by atoms with van der Waals surface area (Å²) in [5.41, 5.74) is 0. The molecule has 1 N–H and O–H groups in total. The number of nitrogens with one attached hydrogen (secondary N) is 1. The highest BCUT2D eigenvalue weighted by atomic mass is 16.1. The number of rotatable bonds is 2. The zero-order valence-electron chi connectivity index (χ0n) is 7.77. The lowest BCUT2D eigenvalue weighted by molar-refractivity contribution is -0.123. The second-order valence-corrected chi connectivity index (χ2v) is 2.57. The van der Waals surface area contributed by atoms with Gasteiger partial charge in [-0.25, -0.2) is 0 Å². The van der Waals surface area contributed by atoms with E-state index in [1.165, 1.54) is 0 Å². The predicted molar refractivity (Wildman–Crippen MR) is 52.2 cm³/mol. The summed E-state index contributed by atoms with van der Waals surface area (Å²) in [5, 5.41) is 2.63. The fourth-order valence-corrected chi connectivity index (χ4v) is 0.491. The summed E-state index contributed by atoms with van der Waals surface area (Å²) in [6, 6.07) is 0.